The van der Waals surface area contributed by atoms with E-state index in [1.165, 1.54) is 16.6 Å². The molecule has 1 aromatic carbocycles. The van der Waals surface area contributed by atoms with Gasteiger partial charge in [-0.1, -0.05) is 12.1 Å². The molecule has 2 aromatic heterocycles. The van der Waals surface area contributed by atoms with E-state index in [9.17, 15) is 18.3 Å². The van der Waals surface area contributed by atoms with Crippen LogP contribution in [0.25, 0.3) is 5.78 Å². The maximum absolute atomic E-state index is 12.5. The summed E-state index contributed by atoms with van der Waals surface area (Å²) in [4.78, 5) is 19.3. The maximum atomic E-state index is 12.5. The molecule has 24 heavy (non-hydrogen) atoms. The molecular weight excluding hydrogens is 334 g/mol. The van der Waals surface area contributed by atoms with Crippen LogP contribution in [0.4, 0.5) is 5.69 Å². The van der Waals surface area contributed by atoms with Crippen molar-refractivity contribution >= 4 is 27.5 Å². The van der Waals surface area contributed by atoms with Gasteiger partial charge < -0.3 is 5.11 Å². The Morgan fingerprint density at radius 3 is 2.67 bits per heavy atom. The zero-order valence-corrected chi connectivity index (χ0v) is 13.6. The summed E-state index contributed by atoms with van der Waals surface area (Å²) < 4.78 is 28.5. The second kappa shape index (κ2) is 5.57. The minimum absolute atomic E-state index is 0.0204. The van der Waals surface area contributed by atoms with Gasteiger partial charge in [-0.05, 0) is 31.5 Å². The topological polar surface area (TPSA) is 127 Å². The molecule has 0 aliphatic carbocycles. The second-order valence-corrected chi connectivity index (χ2v) is 6.69. The highest BCUT2D eigenvalue weighted by Gasteiger charge is 2.24. The van der Waals surface area contributed by atoms with Gasteiger partial charge in [0, 0.05) is 11.9 Å². The average molecular weight is 347 g/mol. The first kappa shape index (κ1) is 15.9. The highest BCUT2D eigenvalue weighted by Crippen LogP contribution is 2.23. The molecular formula is C14H13N5O4S. The number of aromatic carboxylic acids is 1. The fourth-order valence-corrected chi connectivity index (χ4v) is 3.15. The number of anilines is 1. The number of nitrogens with zero attached hydrogens (tertiary/aromatic N) is 4. The summed E-state index contributed by atoms with van der Waals surface area (Å²) in [7, 11) is -4.16. The molecule has 3 rings (SSSR count). The molecule has 0 atom stereocenters. The number of para-hydroxylation sites is 1. The van der Waals surface area contributed by atoms with Crippen LogP contribution in [0.1, 0.15) is 21.6 Å². The van der Waals surface area contributed by atoms with Crippen molar-refractivity contribution in [3.8, 4) is 0 Å². The van der Waals surface area contributed by atoms with Crippen molar-refractivity contribution in [1.29, 1.82) is 0 Å². The van der Waals surface area contributed by atoms with Crippen LogP contribution in [0.3, 0.4) is 0 Å². The van der Waals surface area contributed by atoms with E-state index in [-0.39, 0.29) is 17.0 Å². The fraction of sp³-hybridized carbons (Fsp3) is 0.143. The summed E-state index contributed by atoms with van der Waals surface area (Å²) >= 11 is 0. The summed E-state index contributed by atoms with van der Waals surface area (Å²) in [6.07, 6.45) is 1.54. The number of hydrogen-bond donors (Lipinski definition) is 2. The lowest BCUT2D eigenvalue weighted by molar-refractivity contribution is 0.0698. The Hall–Kier alpha value is -3.01. The number of sulfonamides is 1. The highest BCUT2D eigenvalue weighted by atomic mass is 32.2. The number of fused-ring (bicyclic) bond motifs is 1. The van der Waals surface area contributed by atoms with Crippen molar-refractivity contribution in [3.05, 3.63) is 47.3 Å². The van der Waals surface area contributed by atoms with Crippen LogP contribution in [0.15, 0.2) is 35.6 Å². The van der Waals surface area contributed by atoms with Crippen molar-refractivity contribution in [3.63, 3.8) is 0 Å². The highest BCUT2D eigenvalue weighted by molar-refractivity contribution is 7.92. The van der Waals surface area contributed by atoms with E-state index in [0.717, 1.165) is 0 Å². The molecule has 10 heteroatoms. The van der Waals surface area contributed by atoms with Crippen LogP contribution >= 0.6 is 0 Å². The number of rotatable bonds is 4. The Bertz CT molecular complexity index is 1060. The lowest BCUT2D eigenvalue weighted by Crippen LogP contribution is -2.18. The van der Waals surface area contributed by atoms with Crippen molar-refractivity contribution < 1.29 is 18.3 Å². The van der Waals surface area contributed by atoms with Gasteiger partial charge in [-0.2, -0.15) is 13.4 Å². The van der Waals surface area contributed by atoms with Crippen LogP contribution in [-0.2, 0) is 10.0 Å². The molecule has 0 aliphatic rings. The Balaban J connectivity index is 2.07. The number of aryl methyl sites for hydroxylation is 2. The molecule has 0 aliphatic heterocycles. The maximum Gasteiger partial charge on any atom is 0.337 e. The van der Waals surface area contributed by atoms with Gasteiger partial charge in [-0.15, -0.1) is 5.10 Å². The molecule has 0 fully saturated rings. The van der Waals surface area contributed by atoms with E-state index in [1.807, 2.05) is 0 Å². The number of aromatic nitrogens is 4. The summed E-state index contributed by atoms with van der Waals surface area (Å²) in [5.41, 5.74) is 0.958. The van der Waals surface area contributed by atoms with Gasteiger partial charge in [0.2, 0.25) is 0 Å². The van der Waals surface area contributed by atoms with E-state index in [1.54, 1.807) is 32.2 Å². The van der Waals surface area contributed by atoms with Gasteiger partial charge >= 0.3 is 5.97 Å². The van der Waals surface area contributed by atoms with E-state index in [4.69, 9.17) is 0 Å². The molecule has 2 N–H and O–H groups in total. The first-order chi connectivity index (χ1) is 11.3. The predicted molar refractivity (Wildman–Crippen MR) is 84.5 cm³/mol. The third-order valence-corrected chi connectivity index (χ3v) is 4.43. The number of nitrogens with one attached hydrogen (secondary N) is 1. The standard InChI is InChI=1S/C14H13N5O4S/c1-8-4-3-5-10(12(20)21)11(8)18-24(22,23)14-16-13-15-9(2)6-7-19(13)17-14/h3-7,18H,1-2H3,(H,20,21). The molecule has 124 valence electrons. The van der Waals surface area contributed by atoms with Crippen molar-refractivity contribution in [2.24, 2.45) is 0 Å². The van der Waals surface area contributed by atoms with E-state index in [2.05, 4.69) is 19.8 Å². The number of carboxylic acids is 1. The normalized spacial score (nSPS) is 11.6. The number of hydrogen-bond acceptors (Lipinski definition) is 6. The average Bonchev–Trinajstić information content (AvgIpc) is 2.92. The van der Waals surface area contributed by atoms with Crippen LogP contribution in [0, 0.1) is 13.8 Å². The monoisotopic (exact) mass is 347 g/mol. The minimum atomic E-state index is -4.16. The van der Waals surface area contributed by atoms with E-state index in [0.29, 0.717) is 11.3 Å². The quantitative estimate of drug-likeness (QED) is 0.727. The minimum Gasteiger partial charge on any atom is -0.478 e. The molecule has 0 saturated carbocycles. The Labute approximate surface area is 137 Å². The van der Waals surface area contributed by atoms with Gasteiger partial charge in [-0.3, -0.25) is 4.72 Å². The second-order valence-electron chi connectivity index (χ2n) is 5.12. The summed E-state index contributed by atoms with van der Waals surface area (Å²) in [5, 5.41) is 12.6. The van der Waals surface area contributed by atoms with Crippen molar-refractivity contribution in [2.75, 3.05) is 4.72 Å². The van der Waals surface area contributed by atoms with Gasteiger partial charge in [0.05, 0.1) is 11.3 Å². The Kier molecular flexibility index (Phi) is 3.68. The van der Waals surface area contributed by atoms with Crippen molar-refractivity contribution in [2.45, 2.75) is 19.0 Å². The fourth-order valence-electron chi connectivity index (χ4n) is 2.12. The molecule has 2 heterocycles. The summed E-state index contributed by atoms with van der Waals surface area (Å²) in [5.74, 6) is -1.10. The molecule has 0 unspecified atom stereocenters. The van der Waals surface area contributed by atoms with E-state index < -0.39 is 21.1 Å². The van der Waals surface area contributed by atoms with Gasteiger partial charge in [-0.25, -0.2) is 14.3 Å². The lowest BCUT2D eigenvalue weighted by Gasteiger charge is -2.11. The predicted octanol–water partition coefficient (Wildman–Crippen LogP) is 1.24. The van der Waals surface area contributed by atoms with Crippen LogP contribution in [0.5, 0.6) is 0 Å². The molecule has 0 radical (unpaired) electrons. The Morgan fingerprint density at radius 2 is 1.96 bits per heavy atom. The van der Waals surface area contributed by atoms with Gasteiger partial charge in [0.15, 0.2) is 0 Å². The van der Waals surface area contributed by atoms with Gasteiger partial charge in [0.25, 0.3) is 21.0 Å². The zero-order chi connectivity index (χ0) is 17.5. The molecule has 0 saturated heterocycles. The molecule has 0 bridgehead atoms. The SMILES string of the molecule is Cc1ccn2nc(S(=O)(=O)Nc3c(C)cccc3C(=O)O)nc2n1. The number of carbonyl (C=O) groups is 1. The summed E-state index contributed by atoms with van der Waals surface area (Å²) in [6, 6.07) is 6.11. The molecule has 3 aromatic rings. The zero-order valence-electron chi connectivity index (χ0n) is 12.8. The lowest BCUT2D eigenvalue weighted by atomic mass is 10.1. The Morgan fingerprint density at radius 1 is 1.21 bits per heavy atom. The van der Waals surface area contributed by atoms with Crippen LogP contribution in [0.2, 0.25) is 0 Å². The first-order valence-electron chi connectivity index (χ1n) is 6.84. The first-order valence-corrected chi connectivity index (χ1v) is 8.32. The van der Waals surface area contributed by atoms with Gasteiger partial charge in [0.1, 0.15) is 0 Å². The van der Waals surface area contributed by atoms with Crippen LogP contribution < -0.4 is 4.72 Å². The molecule has 0 spiro atoms. The summed E-state index contributed by atoms with van der Waals surface area (Å²) in [6.45, 7) is 3.35. The van der Waals surface area contributed by atoms with Crippen LogP contribution in [-0.4, -0.2) is 39.1 Å². The third kappa shape index (κ3) is 2.78. The van der Waals surface area contributed by atoms with E-state index >= 15 is 0 Å². The molecule has 9 nitrogen and oxygen atoms in total. The third-order valence-electron chi connectivity index (χ3n) is 3.31. The smallest absolute Gasteiger partial charge is 0.337 e. The number of benzene rings is 1. The van der Waals surface area contributed by atoms with Crippen molar-refractivity contribution in [1.82, 2.24) is 19.6 Å². The molecule has 0 amide bonds. The number of carboxylic acid groups (broad SMARTS) is 1. The largest absolute Gasteiger partial charge is 0.478 e.